The molecule has 0 fully saturated rings. The van der Waals surface area contributed by atoms with E-state index in [1.807, 2.05) is 0 Å². The van der Waals surface area contributed by atoms with Gasteiger partial charge in [-0.25, -0.2) is 0 Å². The molecule has 0 amide bonds. The average molecular weight is 362 g/mol. The Morgan fingerprint density at radius 3 is 1.00 bits per heavy atom. The fourth-order valence-corrected chi connectivity index (χ4v) is 1.71. The molecule has 4 N–H and O–H groups in total. The molecule has 0 radical (unpaired) electrons. The molecule has 22 heavy (non-hydrogen) atoms. The van der Waals surface area contributed by atoms with Gasteiger partial charge in [0, 0.05) is 30.2 Å². The summed E-state index contributed by atoms with van der Waals surface area (Å²) in [7, 11) is 0. The van der Waals surface area contributed by atoms with Crippen LogP contribution in [0.25, 0.3) is 0 Å². The summed E-state index contributed by atoms with van der Waals surface area (Å²) < 4.78 is 0. The Bertz CT molecular complexity index is 336. The predicted molar refractivity (Wildman–Crippen MR) is 68.0 cm³/mol. The van der Waals surface area contributed by atoms with Crippen molar-refractivity contribution in [1.82, 2.24) is 9.80 Å². The Hall–Kier alpha value is -1.68. The molecule has 0 bridgehead atoms. The predicted octanol–water partition coefficient (Wildman–Crippen LogP) is -1.68. The SMILES string of the molecule is O=C(O)CN(CCCN(CC(=O)O)CC(=O)O)CC(=O)O.[Fe]. The van der Waals surface area contributed by atoms with Gasteiger partial charge in [0.05, 0.1) is 26.2 Å². The Balaban J connectivity index is 0. The summed E-state index contributed by atoms with van der Waals surface area (Å²) in [5.74, 6) is -4.71. The first-order chi connectivity index (χ1) is 9.70. The van der Waals surface area contributed by atoms with E-state index < -0.39 is 50.1 Å². The molecule has 0 unspecified atom stereocenters. The largest absolute Gasteiger partial charge is 0.480 e. The monoisotopic (exact) mass is 362 g/mol. The van der Waals surface area contributed by atoms with E-state index in [0.717, 1.165) is 0 Å². The van der Waals surface area contributed by atoms with Crippen molar-refractivity contribution in [2.75, 3.05) is 39.3 Å². The summed E-state index contributed by atoms with van der Waals surface area (Å²) in [6.07, 6.45) is 0.251. The van der Waals surface area contributed by atoms with E-state index in [2.05, 4.69) is 0 Å². The fraction of sp³-hybridized carbons (Fsp3) is 0.636. The Morgan fingerprint density at radius 2 is 0.818 bits per heavy atom. The second kappa shape index (κ2) is 11.9. The van der Waals surface area contributed by atoms with Gasteiger partial charge in [0.2, 0.25) is 0 Å². The van der Waals surface area contributed by atoms with Crippen LogP contribution in [0.15, 0.2) is 0 Å². The zero-order valence-corrected chi connectivity index (χ0v) is 12.7. The third kappa shape index (κ3) is 13.3. The van der Waals surface area contributed by atoms with E-state index in [-0.39, 0.29) is 36.6 Å². The number of hydrogen-bond acceptors (Lipinski definition) is 6. The van der Waals surface area contributed by atoms with Crippen LogP contribution in [0.4, 0.5) is 0 Å². The molecule has 0 aromatic carbocycles. The van der Waals surface area contributed by atoms with Crippen LogP contribution in [0, 0.1) is 0 Å². The number of carbonyl (C=O) groups is 4. The van der Waals surface area contributed by atoms with Crippen molar-refractivity contribution >= 4 is 23.9 Å². The van der Waals surface area contributed by atoms with Crippen molar-refractivity contribution in [2.45, 2.75) is 6.42 Å². The van der Waals surface area contributed by atoms with Gasteiger partial charge in [-0.3, -0.25) is 29.0 Å². The minimum Gasteiger partial charge on any atom is -0.480 e. The van der Waals surface area contributed by atoms with Crippen LogP contribution in [0.3, 0.4) is 0 Å². The van der Waals surface area contributed by atoms with Crippen LogP contribution in [-0.2, 0) is 36.2 Å². The standard InChI is InChI=1S/C11H18N2O8.Fe/c14-8(15)4-12(5-9(16)17)2-1-3-13(6-10(18)19)7-11(20)21;/h1-7H2,(H,14,15)(H,16,17)(H,18,19)(H,20,21);. The molecule has 128 valence electrons. The summed E-state index contributed by atoms with van der Waals surface area (Å²) in [4.78, 5) is 44.7. The zero-order valence-electron chi connectivity index (χ0n) is 11.6. The quantitative estimate of drug-likeness (QED) is 0.296. The minimum atomic E-state index is -1.18. The van der Waals surface area contributed by atoms with Crippen LogP contribution in [0.5, 0.6) is 0 Å². The summed E-state index contributed by atoms with van der Waals surface area (Å²) in [5, 5.41) is 34.6. The second-order valence-electron chi connectivity index (χ2n) is 4.35. The molecule has 0 rings (SSSR count). The average Bonchev–Trinajstić information content (AvgIpc) is 2.24. The van der Waals surface area contributed by atoms with Gasteiger partial charge < -0.3 is 20.4 Å². The normalized spacial score (nSPS) is 10.3. The molecule has 0 heterocycles. The second-order valence-corrected chi connectivity index (χ2v) is 4.35. The first kappa shape index (κ1) is 22.6. The number of rotatable bonds is 12. The van der Waals surface area contributed by atoms with Crippen molar-refractivity contribution in [2.24, 2.45) is 0 Å². The Kier molecular flexibility index (Phi) is 12.2. The molecule has 0 aliphatic rings. The third-order valence-electron chi connectivity index (χ3n) is 2.38. The van der Waals surface area contributed by atoms with E-state index in [4.69, 9.17) is 20.4 Å². The van der Waals surface area contributed by atoms with Gasteiger partial charge in [-0.15, -0.1) is 0 Å². The molecule has 11 heteroatoms. The van der Waals surface area contributed by atoms with Gasteiger partial charge in [-0.1, -0.05) is 0 Å². The molecule has 0 aliphatic carbocycles. The van der Waals surface area contributed by atoms with E-state index in [1.54, 1.807) is 0 Å². The molecule has 0 aromatic heterocycles. The number of hydrogen-bond donors (Lipinski definition) is 4. The van der Waals surface area contributed by atoms with Crippen molar-refractivity contribution in [3.8, 4) is 0 Å². The van der Waals surface area contributed by atoms with Crippen LogP contribution >= 0.6 is 0 Å². The van der Waals surface area contributed by atoms with Crippen LogP contribution < -0.4 is 0 Å². The first-order valence-corrected chi connectivity index (χ1v) is 6.02. The summed E-state index contributed by atoms with van der Waals surface area (Å²) in [6.45, 7) is -1.61. The molecule has 0 saturated heterocycles. The van der Waals surface area contributed by atoms with Crippen molar-refractivity contribution < 1.29 is 56.7 Å². The number of carboxylic acid groups (broad SMARTS) is 4. The minimum absolute atomic E-state index is 0. The van der Waals surface area contributed by atoms with Gasteiger partial charge in [0.1, 0.15) is 0 Å². The molecule has 0 spiro atoms. The molecule has 0 aromatic rings. The van der Waals surface area contributed by atoms with Crippen molar-refractivity contribution in [1.29, 1.82) is 0 Å². The molecular formula is C11H18FeN2O8. The third-order valence-corrected chi connectivity index (χ3v) is 2.38. The maximum Gasteiger partial charge on any atom is 0.317 e. The van der Waals surface area contributed by atoms with E-state index in [0.29, 0.717) is 0 Å². The summed E-state index contributed by atoms with van der Waals surface area (Å²) in [6, 6.07) is 0. The molecule has 10 nitrogen and oxygen atoms in total. The van der Waals surface area contributed by atoms with Gasteiger partial charge in [0.25, 0.3) is 0 Å². The molecule has 0 atom stereocenters. The van der Waals surface area contributed by atoms with Crippen molar-refractivity contribution in [3.05, 3.63) is 0 Å². The van der Waals surface area contributed by atoms with Crippen LogP contribution in [0.2, 0.25) is 0 Å². The van der Waals surface area contributed by atoms with Crippen LogP contribution in [-0.4, -0.2) is 93.4 Å². The van der Waals surface area contributed by atoms with Gasteiger partial charge in [-0.05, 0) is 6.42 Å². The van der Waals surface area contributed by atoms with Crippen LogP contribution in [0.1, 0.15) is 6.42 Å². The maximum atomic E-state index is 10.6. The topological polar surface area (TPSA) is 156 Å². The van der Waals surface area contributed by atoms with Gasteiger partial charge >= 0.3 is 23.9 Å². The van der Waals surface area contributed by atoms with E-state index in [1.165, 1.54) is 9.80 Å². The van der Waals surface area contributed by atoms with E-state index in [9.17, 15) is 19.2 Å². The molecule has 0 aliphatic heterocycles. The van der Waals surface area contributed by atoms with Gasteiger partial charge in [-0.2, -0.15) is 0 Å². The zero-order chi connectivity index (χ0) is 16.4. The number of aliphatic carboxylic acids is 4. The first-order valence-electron chi connectivity index (χ1n) is 6.02. The van der Waals surface area contributed by atoms with E-state index >= 15 is 0 Å². The Morgan fingerprint density at radius 1 is 0.591 bits per heavy atom. The van der Waals surface area contributed by atoms with Crippen molar-refractivity contribution in [3.63, 3.8) is 0 Å². The molecule has 0 saturated carbocycles. The van der Waals surface area contributed by atoms with Gasteiger partial charge in [0.15, 0.2) is 0 Å². The molecular weight excluding hydrogens is 344 g/mol. The maximum absolute atomic E-state index is 10.6. The summed E-state index contributed by atoms with van der Waals surface area (Å²) in [5.41, 5.74) is 0. The summed E-state index contributed by atoms with van der Waals surface area (Å²) >= 11 is 0. The number of carboxylic acids is 4. The smallest absolute Gasteiger partial charge is 0.317 e. The number of nitrogens with zero attached hydrogens (tertiary/aromatic N) is 2. The fourth-order valence-electron chi connectivity index (χ4n) is 1.71. The Labute approximate surface area is 136 Å².